The van der Waals surface area contributed by atoms with Gasteiger partial charge in [0.2, 0.25) is 5.91 Å². The molecule has 0 heterocycles. The van der Waals surface area contributed by atoms with E-state index < -0.39 is 12.0 Å². The standard InChI is InChI=1S/C19H19NO4/c21-18(22)12-17(20-19(23)13-9-10-13)14-5-4-8-16(11-14)24-15-6-2-1-3-7-15/h1-8,11,13,17H,9-10,12H2,(H,20,23)(H,21,22). The molecule has 0 bridgehead atoms. The van der Waals surface area contributed by atoms with Gasteiger partial charge >= 0.3 is 5.97 Å². The van der Waals surface area contributed by atoms with Gasteiger partial charge in [0.25, 0.3) is 0 Å². The summed E-state index contributed by atoms with van der Waals surface area (Å²) in [5.41, 5.74) is 0.722. The summed E-state index contributed by atoms with van der Waals surface area (Å²) in [5, 5.41) is 12.0. The minimum atomic E-state index is -0.953. The number of carbonyl (C=O) groups excluding carboxylic acids is 1. The quantitative estimate of drug-likeness (QED) is 0.816. The van der Waals surface area contributed by atoms with Gasteiger partial charge in [0.15, 0.2) is 0 Å². The third kappa shape index (κ3) is 4.35. The Morgan fingerprint density at radius 1 is 1.08 bits per heavy atom. The zero-order valence-electron chi connectivity index (χ0n) is 13.1. The molecule has 0 aromatic heterocycles. The van der Waals surface area contributed by atoms with E-state index in [1.54, 1.807) is 24.3 Å². The van der Waals surface area contributed by atoms with E-state index in [2.05, 4.69) is 5.32 Å². The topological polar surface area (TPSA) is 75.6 Å². The minimum absolute atomic E-state index is 0.0325. The van der Waals surface area contributed by atoms with Crippen molar-refractivity contribution in [1.29, 1.82) is 0 Å². The van der Waals surface area contributed by atoms with Crippen molar-refractivity contribution in [2.24, 2.45) is 5.92 Å². The van der Waals surface area contributed by atoms with Crippen molar-refractivity contribution in [1.82, 2.24) is 5.32 Å². The lowest BCUT2D eigenvalue weighted by Gasteiger charge is -2.18. The van der Waals surface area contributed by atoms with E-state index in [0.29, 0.717) is 11.5 Å². The predicted octanol–water partition coefficient (Wildman–Crippen LogP) is 3.52. The maximum atomic E-state index is 12.0. The van der Waals surface area contributed by atoms with Crippen LogP contribution in [0.4, 0.5) is 0 Å². The van der Waals surface area contributed by atoms with E-state index in [1.165, 1.54) is 0 Å². The summed E-state index contributed by atoms with van der Waals surface area (Å²) >= 11 is 0. The van der Waals surface area contributed by atoms with Gasteiger partial charge in [-0.2, -0.15) is 0 Å². The molecule has 1 amide bonds. The van der Waals surface area contributed by atoms with Crippen molar-refractivity contribution >= 4 is 11.9 Å². The monoisotopic (exact) mass is 325 g/mol. The first-order valence-electron chi connectivity index (χ1n) is 7.97. The van der Waals surface area contributed by atoms with Gasteiger partial charge in [-0.3, -0.25) is 9.59 Å². The van der Waals surface area contributed by atoms with Gasteiger partial charge < -0.3 is 15.2 Å². The zero-order chi connectivity index (χ0) is 16.9. The number of aliphatic carboxylic acids is 1. The Morgan fingerprint density at radius 3 is 2.46 bits per heavy atom. The molecule has 5 nitrogen and oxygen atoms in total. The molecule has 0 radical (unpaired) electrons. The van der Waals surface area contributed by atoms with Crippen molar-refractivity contribution in [3.63, 3.8) is 0 Å². The largest absolute Gasteiger partial charge is 0.481 e. The summed E-state index contributed by atoms with van der Waals surface area (Å²) in [4.78, 5) is 23.2. The first kappa shape index (κ1) is 16.1. The SMILES string of the molecule is O=C(O)CC(NC(=O)C1CC1)c1cccc(Oc2ccccc2)c1. The van der Waals surface area contributed by atoms with E-state index in [4.69, 9.17) is 9.84 Å². The number of benzene rings is 2. The Morgan fingerprint density at radius 2 is 1.79 bits per heavy atom. The van der Waals surface area contributed by atoms with Crippen molar-refractivity contribution in [2.75, 3.05) is 0 Å². The second-order valence-electron chi connectivity index (χ2n) is 5.92. The number of carboxylic acid groups (broad SMARTS) is 1. The number of ether oxygens (including phenoxy) is 1. The fourth-order valence-electron chi connectivity index (χ4n) is 2.48. The molecule has 2 aromatic rings. The van der Waals surface area contributed by atoms with Crippen LogP contribution in [0.1, 0.15) is 30.9 Å². The number of rotatable bonds is 7. The molecule has 1 saturated carbocycles. The van der Waals surface area contributed by atoms with Crippen LogP contribution >= 0.6 is 0 Å². The number of para-hydroxylation sites is 1. The van der Waals surface area contributed by atoms with Crippen LogP contribution in [-0.4, -0.2) is 17.0 Å². The van der Waals surface area contributed by atoms with Gasteiger partial charge in [0.05, 0.1) is 12.5 Å². The van der Waals surface area contributed by atoms with Gasteiger partial charge in [0, 0.05) is 5.92 Å². The number of hydrogen-bond donors (Lipinski definition) is 2. The molecular formula is C19H19NO4. The summed E-state index contributed by atoms with van der Waals surface area (Å²) < 4.78 is 5.78. The number of hydrogen-bond acceptors (Lipinski definition) is 3. The van der Waals surface area contributed by atoms with Crippen LogP contribution in [0.3, 0.4) is 0 Å². The summed E-state index contributed by atoms with van der Waals surface area (Å²) in [6.45, 7) is 0. The molecule has 0 saturated heterocycles. The van der Waals surface area contributed by atoms with E-state index in [0.717, 1.165) is 18.4 Å². The number of nitrogens with one attached hydrogen (secondary N) is 1. The van der Waals surface area contributed by atoms with Gasteiger partial charge in [-0.1, -0.05) is 30.3 Å². The molecule has 5 heteroatoms. The molecule has 0 aliphatic heterocycles. The van der Waals surface area contributed by atoms with Crippen LogP contribution in [0.5, 0.6) is 11.5 Å². The van der Waals surface area contributed by atoms with E-state index >= 15 is 0 Å². The van der Waals surface area contributed by atoms with Crippen LogP contribution in [0.15, 0.2) is 54.6 Å². The molecule has 124 valence electrons. The lowest BCUT2D eigenvalue weighted by atomic mass is 10.0. The summed E-state index contributed by atoms with van der Waals surface area (Å²) in [6, 6.07) is 16.0. The van der Waals surface area contributed by atoms with Crippen LogP contribution in [0.25, 0.3) is 0 Å². The number of amides is 1. The zero-order valence-corrected chi connectivity index (χ0v) is 13.1. The third-order valence-electron chi connectivity index (χ3n) is 3.88. The molecule has 24 heavy (non-hydrogen) atoms. The summed E-state index contributed by atoms with van der Waals surface area (Å²) in [5.74, 6) is 0.312. The van der Waals surface area contributed by atoms with Gasteiger partial charge in [0.1, 0.15) is 11.5 Å². The van der Waals surface area contributed by atoms with Crippen molar-refractivity contribution in [3.05, 3.63) is 60.2 Å². The number of carbonyl (C=O) groups is 2. The number of carboxylic acids is 1. The van der Waals surface area contributed by atoms with Crippen molar-refractivity contribution in [2.45, 2.75) is 25.3 Å². The first-order valence-corrected chi connectivity index (χ1v) is 7.97. The molecule has 0 spiro atoms. The summed E-state index contributed by atoms with van der Waals surface area (Å²) in [7, 11) is 0. The first-order chi connectivity index (χ1) is 11.6. The van der Waals surface area contributed by atoms with Crippen molar-refractivity contribution in [3.8, 4) is 11.5 Å². The smallest absolute Gasteiger partial charge is 0.305 e. The molecule has 1 atom stereocenters. The maximum Gasteiger partial charge on any atom is 0.305 e. The second kappa shape index (κ2) is 7.17. The Bertz CT molecular complexity index is 725. The molecule has 2 N–H and O–H groups in total. The predicted molar refractivity (Wildman–Crippen MR) is 88.8 cm³/mol. The van der Waals surface area contributed by atoms with Crippen LogP contribution in [0.2, 0.25) is 0 Å². The summed E-state index contributed by atoms with van der Waals surface area (Å²) in [6.07, 6.45) is 1.60. The van der Waals surface area contributed by atoms with Crippen LogP contribution < -0.4 is 10.1 Å². The molecule has 1 unspecified atom stereocenters. The van der Waals surface area contributed by atoms with Crippen LogP contribution in [0, 0.1) is 5.92 Å². The highest BCUT2D eigenvalue weighted by atomic mass is 16.5. The molecule has 3 rings (SSSR count). The molecule has 1 aliphatic rings. The fourth-order valence-corrected chi connectivity index (χ4v) is 2.48. The third-order valence-corrected chi connectivity index (χ3v) is 3.88. The van der Waals surface area contributed by atoms with E-state index in [-0.39, 0.29) is 18.2 Å². The van der Waals surface area contributed by atoms with E-state index in [1.807, 2.05) is 30.3 Å². The lowest BCUT2D eigenvalue weighted by molar-refractivity contribution is -0.137. The fraction of sp³-hybridized carbons (Fsp3) is 0.263. The van der Waals surface area contributed by atoms with Gasteiger partial charge in [-0.15, -0.1) is 0 Å². The van der Waals surface area contributed by atoms with Crippen LogP contribution in [-0.2, 0) is 9.59 Å². The highest BCUT2D eigenvalue weighted by Crippen LogP contribution is 2.31. The van der Waals surface area contributed by atoms with Gasteiger partial charge in [-0.25, -0.2) is 0 Å². The van der Waals surface area contributed by atoms with E-state index in [9.17, 15) is 9.59 Å². The highest BCUT2D eigenvalue weighted by Gasteiger charge is 2.31. The van der Waals surface area contributed by atoms with Crippen molar-refractivity contribution < 1.29 is 19.4 Å². The average Bonchev–Trinajstić information content (AvgIpc) is 3.40. The Labute approximate surface area is 140 Å². The molecular weight excluding hydrogens is 306 g/mol. The Kier molecular flexibility index (Phi) is 4.79. The highest BCUT2D eigenvalue weighted by molar-refractivity contribution is 5.82. The molecule has 1 fully saturated rings. The average molecular weight is 325 g/mol. The minimum Gasteiger partial charge on any atom is -0.481 e. The van der Waals surface area contributed by atoms with Gasteiger partial charge in [-0.05, 0) is 42.7 Å². The lowest BCUT2D eigenvalue weighted by Crippen LogP contribution is -2.31. The maximum absolute atomic E-state index is 12.0. The molecule has 1 aliphatic carbocycles. The Balaban J connectivity index is 1.77. The second-order valence-corrected chi connectivity index (χ2v) is 5.92. The Hall–Kier alpha value is -2.82. The molecule has 2 aromatic carbocycles. The normalized spacial score (nSPS) is 14.7.